The molecule has 2 aromatic rings. The van der Waals surface area contributed by atoms with Crippen LogP contribution < -0.4 is 0 Å². The lowest BCUT2D eigenvalue weighted by Gasteiger charge is -2.13. The number of phenolic OH excluding ortho intramolecular Hbond substituents is 2. The van der Waals surface area contributed by atoms with Crippen LogP contribution in [-0.4, -0.2) is 48.5 Å². The molecule has 1 amide bonds. The van der Waals surface area contributed by atoms with E-state index in [2.05, 4.69) is 0 Å². The number of hydrogen-bond donors (Lipinski definition) is 2. The van der Waals surface area contributed by atoms with Gasteiger partial charge in [-0.1, -0.05) is 11.6 Å². The average Bonchev–Trinajstić information content (AvgIpc) is 2.56. The summed E-state index contributed by atoms with van der Waals surface area (Å²) in [6.45, 7) is 0. The number of nitro benzene ring substituents is 1. The van der Waals surface area contributed by atoms with Crippen molar-refractivity contribution in [2.75, 3.05) is 14.1 Å². The van der Waals surface area contributed by atoms with E-state index in [-0.39, 0.29) is 10.6 Å². The van der Waals surface area contributed by atoms with Crippen LogP contribution in [-0.2, 0) is 9.84 Å². The number of carbonyl (C=O) groups is 1. The van der Waals surface area contributed by atoms with E-state index in [0.717, 1.165) is 6.07 Å². The fraction of sp³-hybridized carbons (Fsp3) is 0.133. The van der Waals surface area contributed by atoms with Gasteiger partial charge in [-0.3, -0.25) is 14.9 Å². The van der Waals surface area contributed by atoms with Crippen molar-refractivity contribution in [1.29, 1.82) is 0 Å². The van der Waals surface area contributed by atoms with Crippen LogP contribution in [0.15, 0.2) is 40.1 Å². The largest absolute Gasteiger partial charge is 0.504 e. The zero-order chi connectivity index (χ0) is 19.8. The molecule has 9 nitrogen and oxygen atoms in total. The van der Waals surface area contributed by atoms with Crippen molar-refractivity contribution >= 4 is 33.0 Å². The van der Waals surface area contributed by atoms with Crippen molar-refractivity contribution in [2.45, 2.75) is 9.79 Å². The SMILES string of the molecule is CN(C)C(=O)c1ccc(Cl)c(S(=O)(=O)c2cc(O)c(O)c([N+](=O)[O-])c2)c1. The highest BCUT2D eigenvalue weighted by molar-refractivity contribution is 7.91. The molecule has 138 valence electrons. The second-order valence-electron chi connectivity index (χ2n) is 5.42. The van der Waals surface area contributed by atoms with Gasteiger partial charge in [0, 0.05) is 31.8 Å². The molecule has 0 heterocycles. The van der Waals surface area contributed by atoms with Gasteiger partial charge in [-0.05, 0) is 18.2 Å². The van der Waals surface area contributed by atoms with E-state index in [1.165, 1.54) is 31.1 Å². The molecule has 2 rings (SSSR count). The molecule has 0 saturated carbocycles. The first-order valence-electron chi connectivity index (χ1n) is 6.93. The fourth-order valence-corrected chi connectivity index (χ4v) is 3.92. The second-order valence-corrected chi connectivity index (χ2v) is 7.74. The Bertz CT molecular complexity index is 1020. The van der Waals surface area contributed by atoms with Crippen molar-refractivity contribution in [1.82, 2.24) is 4.90 Å². The number of halogens is 1. The Kier molecular flexibility index (Phi) is 5.10. The quantitative estimate of drug-likeness (QED) is 0.455. The van der Waals surface area contributed by atoms with Gasteiger partial charge < -0.3 is 15.1 Å². The predicted octanol–water partition coefficient (Wildman–Crippen LogP) is 2.19. The van der Waals surface area contributed by atoms with Crippen molar-refractivity contribution < 1.29 is 28.3 Å². The summed E-state index contributed by atoms with van der Waals surface area (Å²) in [6, 6.07) is 4.84. The number of rotatable bonds is 4. The Labute approximate surface area is 153 Å². The summed E-state index contributed by atoms with van der Waals surface area (Å²) in [4.78, 5) is 22.0. The number of sulfone groups is 1. The Morgan fingerprint density at radius 1 is 1.19 bits per heavy atom. The van der Waals surface area contributed by atoms with E-state index < -0.39 is 47.6 Å². The maximum absolute atomic E-state index is 12.8. The van der Waals surface area contributed by atoms with Crippen LogP contribution in [0.25, 0.3) is 0 Å². The molecule has 0 aromatic heterocycles. The van der Waals surface area contributed by atoms with E-state index in [1.807, 2.05) is 0 Å². The number of amides is 1. The molecule has 0 aliphatic rings. The standard InChI is InChI=1S/C15H13ClN2O7S/c1-17(2)15(21)8-3-4-10(16)13(5-8)26(24,25)9-6-11(18(22)23)14(20)12(19)7-9/h3-7,19-20H,1-2H3. The van der Waals surface area contributed by atoms with Gasteiger partial charge >= 0.3 is 5.69 Å². The van der Waals surface area contributed by atoms with Gasteiger partial charge in [0.1, 0.15) is 0 Å². The third-order valence-corrected chi connectivity index (χ3v) is 5.64. The van der Waals surface area contributed by atoms with Crippen LogP contribution in [0.2, 0.25) is 5.02 Å². The van der Waals surface area contributed by atoms with Gasteiger partial charge in [-0.15, -0.1) is 0 Å². The highest BCUT2D eigenvalue weighted by Gasteiger charge is 2.28. The molecule has 26 heavy (non-hydrogen) atoms. The Hall–Kier alpha value is -2.85. The van der Waals surface area contributed by atoms with Crippen molar-refractivity contribution in [3.63, 3.8) is 0 Å². The average molecular weight is 401 g/mol. The molecule has 0 atom stereocenters. The molecule has 0 radical (unpaired) electrons. The van der Waals surface area contributed by atoms with Crippen molar-refractivity contribution in [3.8, 4) is 11.5 Å². The lowest BCUT2D eigenvalue weighted by molar-refractivity contribution is -0.386. The zero-order valence-corrected chi connectivity index (χ0v) is 15.1. The van der Waals surface area contributed by atoms with Crippen LogP contribution in [0.5, 0.6) is 11.5 Å². The molecule has 0 spiro atoms. The minimum absolute atomic E-state index is 0.0375. The summed E-state index contributed by atoms with van der Waals surface area (Å²) >= 11 is 5.94. The van der Waals surface area contributed by atoms with Crippen LogP contribution in [0.1, 0.15) is 10.4 Å². The van der Waals surface area contributed by atoms with E-state index in [1.54, 1.807) is 0 Å². The molecular formula is C15H13ClN2O7S. The maximum Gasteiger partial charge on any atom is 0.315 e. The minimum atomic E-state index is -4.42. The summed E-state index contributed by atoms with van der Waals surface area (Å²) in [5.74, 6) is -2.51. The molecule has 2 aromatic carbocycles. The van der Waals surface area contributed by atoms with E-state index >= 15 is 0 Å². The Morgan fingerprint density at radius 3 is 2.35 bits per heavy atom. The zero-order valence-electron chi connectivity index (χ0n) is 13.5. The maximum atomic E-state index is 12.8. The lowest BCUT2D eigenvalue weighted by atomic mass is 10.2. The first-order valence-corrected chi connectivity index (χ1v) is 8.79. The smallest absolute Gasteiger partial charge is 0.315 e. The van der Waals surface area contributed by atoms with Gasteiger partial charge in [0.2, 0.25) is 15.6 Å². The van der Waals surface area contributed by atoms with Crippen LogP contribution in [0.3, 0.4) is 0 Å². The molecule has 0 fully saturated rings. The summed E-state index contributed by atoms with van der Waals surface area (Å²) in [5.41, 5.74) is -0.948. The summed E-state index contributed by atoms with van der Waals surface area (Å²) in [7, 11) is -1.47. The molecule has 0 aliphatic carbocycles. The Morgan fingerprint density at radius 2 is 1.81 bits per heavy atom. The van der Waals surface area contributed by atoms with Crippen LogP contribution in [0, 0.1) is 10.1 Å². The first-order chi connectivity index (χ1) is 12.0. The van der Waals surface area contributed by atoms with E-state index in [4.69, 9.17) is 11.6 Å². The van der Waals surface area contributed by atoms with E-state index in [0.29, 0.717) is 12.1 Å². The third-order valence-electron chi connectivity index (χ3n) is 3.42. The molecule has 0 bridgehead atoms. The highest BCUT2D eigenvalue weighted by atomic mass is 35.5. The Balaban J connectivity index is 2.71. The van der Waals surface area contributed by atoms with Gasteiger partial charge in [-0.2, -0.15) is 0 Å². The monoisotopic (exact) mass is 400 g/mol. The lowest BCUT2D eigenvalue weighted by Crippen LogP contribution is -2.22. The fourth-order valence-electron chi connectivity index (χ4n) is 2.10. The van der Waals surface area contributed by atoms with Crippen molar-refractivity contribution in [3.05, 3.63) is 51.0 Å². The number of benzene rings is 2. The molecule has 0 aliphatic heterocycles. The van der Waals surface area contributed by atoms with E-state index in [9.17, 15) is 33.5 Å². The predicted molar refractivity (Wildman–Crippen MR) is 91.3 cm³/mol. The third kappa shape index (κ3) is 3.41. The minimum Gasteiger partial charge on any atom is -0.504 e. The number of phenols is 2. The second kappa shape index (κ2) is 6.81. The first kappa shape index (κ1) is 19.5. The van der Waals surface area contributed by atoms with Gasteiger partial charge in [0.05, 0.1) is 19.7 Å². The number of nitrogens with zero attached hydrogens (tertiary/aromatic N) is 2. The molecule has 11 heteroatoms. The highest BCUT2D eigenvalue weighted by Crippen LogP contribution is 2.39. The van der Waals surface area contributed by atoms with Gasteiger partial charge in [0.25, 0.3) is 5.91 Å². The number of nitro groups is 1. The number of carbonyl (C=O) groups excluding carboxylic acids is 1. The van der Waals surface area contributed by atoms with Gasteiger partial charge in [0.15, 0.2) is 5.75 Å². The van der Waals surface area contributed by atoms with Crippen molar-refractivity contribution in [2.24, 2.45) is 0 Å². The number of aromatic hydroxyl groups is 2. The number of hydrogen-bond acceptors (Lipinski definition) is 7. The van der Waals surface area contributed by atoms with Crippen LogP contribution >= 0.6 is 11.6 Å². The molecule has 0 unspecified atom stereocenters. The summed E-state index contributed by atoms with van der Waals surface area (Å²) in [5, 5.41) is 29.8. The normalized spacial score (nSPS) is 11.2. The topological polar surface area (TPSA) is 138 Å². The van der Waals surface area contributed by atoms with Gasteiger partial charge in [-0.25, -0.2) is 8.42 Å². The molecule has 2 N–H and O–H groups in total. The summed E-state index contributed by atoms with van der Waals surface area (Å²) < 4.78 is 25.6. The molecular weight excluding hydrogens is 388 g/mol. The van der Waals surface area contributed by atoms with Crippen LogP contribution in [0.4, 0.5) is 5.69 Å². The molecule has 0 saturated heterocycles. The summed E-state index contributed by atoms with van der Waals surface area (Å²) in [6.07, 6.45) is 0.